The van der Waals surface area contributed by atoms with Crippen molar-refractivity contribution in [3.05, 3.63) is 0 Å². The predicted octanol–water partition coefficient (Wildman–Crippen LogP) is -0.416. The zero-order valence-corrected chi connectivity index (χ0v) is 10.9. The average Bonchev–Trinajstić information content (AvgIpc) is 2.42. The summed E-state index contributed by atoms with van der Waals surface area (Å²) in [6.45, 7) is 0. The highest BCUT2D eigenvalue weighted by Gasteiger charge is 2.60. The molecule has 106 valence electrons. The molecule has 2 saturated carbocycles. The minimum Gasteiger partial charge on any atom is -0.296 e. The van der Waals surface area contributed by atoms with Crippen molar-refractivity contribution < 1.29 is 19.2 Å². The van der Waals surface area contributed by atoms with Gasteiger partial charge in [0, 0.05) is 23.7 Å². The van der Waals surface area contributed by atoms with Gasteiger partial charge in [-0.3, -0.25) is 29.8 Å². The molecule has 0 aromatic rings. The zero-order chi connectivity index (χ0) is 14.0. The Labute approximate surface area is 115 Å². The molecule has 2 saturated heterocycles. The van der Waals surface area contributed by atoms with E-state index in [0.717, 1.165) is 0 Å². The van der Waals surface area contributed by atoms with Gasteiger partial charge in [0.25, 0.3) is 0 Å². The van der Waals surface area contributed by atoms with Gasteiger partial charge in [-0.1, -0.05) is 0 Å². The van der Waals surface area contributed by atoms with Crippen LogP contribution in [0.25, 0.3) is 0 Å². The van der Waals surface area contributed by atoms with Crippen molar-refractivity contribution in [1.82, 2.24) is 10.6 Å². The Balaban J connectivity index is 1.79. The van der Waals surface area contributed by atoms with Crippen molar-refractivity contribution in [1.29, 1.82) is 0 Å². The highest BCUT2D eigenvalue weighted by molar-refractivity contribution is 6.03. The summed E-state index contributed by atoms with van der Waals surface area (Å²) < 4.78 is 0. The van der Waals surface area contributed by atoms with Gasteiger partial charge in [-0.25, -0.2) is 0 Å². The van der Waals surface area contributed by atoms with Gasteiger partial charge in [-0.05, 0) is 37.5 Å². The Hall–Kier alpha value is -1.72. The summed E-state index contributed by atoms with van der Waals surface area (Å²) in [5.41, 5.74) is 0. The summed E-state index contributed by atoms with van der Waals surface area (Å²) in [5.74, 6) is -1.93. The van der Waals surface area contributed by atoms with E-state index in [1.165, 1.54) is 0 Å². The van der Waals surface area contributed by atoms with Crippen LogP contribution >= 0.6 is 0 Å². The van der Waals surface area contributed by atoms with Crippen LogP contribution in [0.5, 0.6) is 0 Å². The molecule has 4 fully saturated rings. The van der Waals surface area contributed by atoms with Crippen LogP contribution < -0.4 is 10.6 Å². The zero-order valence-electron chi connectivity index (χ0n) is 10.9. The third-order valence-electron chi connectivity index (χ3n) is 5.72. The number of hydrogen-bond donors (Lipinski definition) is 2. The van der Waals surface area contributed by atoms with Crippen LogP contribution in [0.2, 0.25) is 0 Å². The molecule has 4 unspecified atom stereocenters. The molecule has 0 radical (unpaired) electrons. The van der Waals surface area contributed by atoms with E-state index in [1.54, 1.807) is 0 Å². The van der Waals surface area contributed by atoms with E-state index < -0.39 is 0 Å². The minimum absolute atomic E-state index is 0.122. The molecule has 0 aromatic carbocycles. The van der Waals surface area contributed by atoms with Crippen molar-refractivity contribution in [2.24, 2.45) is 35.5 Å². The molecule has 2 aliphatic carbocycles. The molecule has 2 heterocycles. The van der Waals surface area contributed by atoms with E-state index in [4.69, 9.17) is 0 Å². The topological polar surface area (TPSA) is 92.3 Å². The summed E-state index contributed by atoms with van der Waals surface area (Å²) in [6.07, 6.45) is 2.54. The molecular weight excluding hydrogens is 260 g/mol. The molecule has 4 amide bonds. The van der Waals surface area contributed by atoms with Crippen LogP contribution in [0.15, 0.2) is 0 Å². The molecule has 6 nitrogen and oxygen atoms in total. The number of carbonyl (C=O) groups is 4. The molecule has 0 spiro atoms. The van der Waals surface area contributed by atoms with E-state index >= 15 is 0 Å². The summed E-state index contributed by atoms with van der Waals surface area (Å²) in [5, 5.41) is 4.92. The molecular formula is C14H16N2O4. The van der Waals surface area contributed by atoms with Crippen molar-refractivity contribution in [2.75, 3.05) is 0 Å². The van der Waals surface area contributed by atoms with Crippen molar-refractivity contribution in [3.8, 4) is 0 Å². The lowest BCUT2D eigenvalue weighted by Crippen LogP contribution is -2.65. The van der Waals surface area contributed by atoms with E-state index in [9.17, 15) is 19.2 Å². The van der Waals surface area contributed by atoms with Gasteiger partial charge in [0.05, 0.1) is 0 Å². The summed E-state index contributed by atoms with van der Waals surface area (Å²) in [7, 11) is 0. The lowest BCUT2D eigenvalue weighted by molar-refractivity contribution is -0.167. The van der Waals surface area contributed by atoms with Crippen LogP contribution in [0, 0.1) is 35.5 Å². The maximum atomic E-state index is 12.0. The second-order valence-electron chi connectivity index (χ2n) is 6.44. The van der Waals surface area contributed by atoms with Crippen LogP contribution in [-0.2, 0) is 19.2 Å². The minimum atomic E-state index is -0.214. The standard InChI is InChI=1S/C14H16N2O4/c17-11-5-1-2-6-10-8(14(20)16-12(6)18)4-3-7(9(5)10)13(19)15-11/h5-10H,1-4H2,(H,15,17,19)(H,16,18,20). The van der Waals surface area contributed by atoms with E-state index in [0.29, 0.717) is 25.7 Å². The van der Waals surface area contributed by atoms with E-state index in [1.807, 2.05) is 0 Å². The van der Waals surface area contributed by atoms with Gasteiger partial charge >= 0.3 is 0 Å². The van der Waals surface area contributed by atoms with Crippen LogP contribution in [0.3, 0.4) is 0 Å². The summed E-state index contributed by atoms with van der Waals surface area (Å²) in [4.78, 5) is 48.1. The smallest absolute Gasteiger partial charge is 0.229 e. The van der Waals surface area contributed by atoms with Crippen LogP contribution in [-0.4, -0.2) is 23.6 Å². The normalized spacial score (nSPS) is 46.4. The van der Waals surface area contributed by atoms with Gasteiger partial charge in [-0.15, -0.1) is 0 Å². The molecule has 0 bridgehead atoms. The molecule has 4 rings (SSSR count). The maximum Gasteiger partial charge on any atom is 0.229 e. The lowest BCUT2D eigenvalue weighted by Gasteiger charge is -2.54. The van der Waals surface area contributed by atoms with E-state index in [-0.39, 0.29) is 59.1 Å². The van der Waals surface area contributed by atoms with E-state index in [2.05, 4.69) is 10.6 Å². The lowest BCUT2D eigenvalue weighted by atomic mass is 9.51. The van der Waals surface area contributed by atoms with Gasteiger partial charge in [0.2, 0.25) is 23.6 Å². The van der Waals surface area contributed by atoms with Gasteiger partial charge in [-0.2, -0.15) is 0 Å². The van der Waals surface area contributed by atoms with Crippen molar-refractivity contribution in [2.45, 2.75) is 25.7 Å². The first-order chi connectivity index (χ1) is 9.58. The fourth-order valence-corrected chi connectivity index (χ4v) is 4.96. The van der Waals surface area contributed by atoms with Gasteiger partial charge in [0.1, 0.15) is 0 Å². The number of rotatable bonds is 0. The SMILES string of the molecule is O=C1NC(=O)C2CCC3C(=O)NC(=O)C4CCC1C2C43. The average molecular weight is 276 g/mol. The molecule has 4 atom stereocenters. The second-order valence-corrected chi connectivity index (χ2v) is 6.44. The molecule has 0 aromatic heterocycles. The number of hydrogen-bond acceptors (Lipinski definition) is 4. The van der Waals surface area contributed by atoms with Crippen molar-refractivity contribution in [3.63, 3.8) is 0 Å². The first kappa shape index (κ1) is 12.1. The third kappa shape index (κ3) is 1.39. The predicted molar refractivity (Wildman–Crippen MR) is 65.7 cm³/mol. The fourth-order valence-electron chi connectivity index (χ4n) is 4.96. The van der Waals surface area contributed by atoms with Crippen molar-refractivity contribution >= 4 is 23.6 Å². The fraction of sp³-hybridized carbons (Fsp3) is 0.714. The number of piperidine rings is 2. The molecule has 4 aliphatic rings. The monoisotopic (exact) mass is 276 g/mol. The number of nitrogens with one attached hydrogen (secondary N) is 2. The Morgan fingerprint density at radius 1 is 0.550 bits per heavy atom. The Morgan fingerprint density at radius 2 is 0.800 bits per heavy atom. The summed E-state index contributed by atoms with van der Waals surface area (Å²) in [6, 6.07) is 0. The molecule has 2 aliphatic heterocycles. The quantitative estimate of drug-likeness (QED) is 0.588. The molecule has 6 heteroatoms. The number of carbonyl (C=O) groups excluding carboxylic acids is 4. The van der Waals surface area contributed by atoms with Crippen LogP contribution in [0.4, 0.5) is 0 Å². The second kappa shape index (κ2) is 3.90. The first-order valence-electron chi connectivity index (χ1n) is 7.27. The Morgan fingerprint density at radius 3 is 1.05 bits per heavy atom. The Kier molecular flexibility index (Phi) is 2.35. The van der Waals surface area contributed by atoms with Gasteiger partial charge in [0.15, 0.2) is 0 Å². The highest BCUT2D eigenvalue weighted by Crippen LogP contribution is 2.54. The summed E-state index contributed by atoms with van der Waals surface area (Å²) >= 11 is 0. The van der Waals surface area contributed by atoms with Crippen LogP contribution in [0.1, 0.15) is 25.7 Å². The first-order valence-corrected chi connectivity index (χ1v) is 7.27. The number of imide groups is 2. The largest absolute Gasteiger partial charge is 0.296 e. The third-order valence-corrected chi connectivity index (χ3v) is 5.72. The highest BCUT2D eigenvalue weighted by atomic mass is 16.2. The number of amides is 4. The maximum absolute atomic E-state index is 12.0. The molecule has 2 N–H and O–H groups in total. The van der Waals surface area contributed by atoms with Gasteiger partial charge < -0.3 is 0 Å². The Bertz CT molecular complexity index is 451. The molecule has 20 heavy (non-hydrogen) atoms.